The number of nitrogens with one attached hydrogen (secondary N) is 1. The highest BCUT2D eigenvalue weighted by Gasteiger charge is 2.54. The molecule has 4 rings (SSSR count). The summed E-state index contributed by atoms with van der Waals surface area (Å²) in [5.74, 6) is -0.459. The second-order valence-corrected chi connectivity index (χ2v) is 7.06. The van der Waals surface area contributed by atoms with E-state index in [4.69, 9.17) is 9.47 Å². The monoisotopic (exact) mass is 343 g/mol. The lowest BCUT2D eigenvalue weighted by Gasteiger charge is -2.29. The van der Waals surface area contributed by atoms with Gasteiger partial charge < -0.3 is 14.8 Å². The van der Waals surface area contributed by atoms with E-state index in [1.165, 1.54) is 6.92 Å². The van der Waals surface area contributed by atoms with Gasteiger partial charge in [-0.2, -0.15) is 0 Å². The van der Waals surface area contributed by atoms with E-state index in [0.29, 0.717) is 6.42 Å². The molecule has 0 aliphatic carbocycles. The van der Waals surface area contributed by atoms with Crippen LogP contribution in [0.5, 0.6) is 0 Å². The molecule has 2 aromatic rings. The number of carbonyl (C=O) groups excluding carboxylic acids is 2. The first kappa shape index (κ1) is 15.4. The van der Waals surface area contributed by atoms with Crippen molar-refractivity contribution in [3.05, 3.63) is 57.8 Å². The van der Waals surface area contributed by atoms with Gasteiger partial charge in [-0.15, -0.1) is 11.3 Å². The number of hydrogen-bond donors (Lipinski definition) is 1. The minimum Gasteiger partial charge on any atom is -0.457 e. The smallest absolute Gasteiger partial charge is 0.303 e. The van der Waals surface area contributed by atoms with Crippen LogP contribution < -0.4 is 5.32 Å². The molecule has 2 aliphatic heterocycles. The zero-order chi connectivity index (χ0) is 16.7. The van der Waals surface area contributed by atoms with Crippen molar-refractivity contribution in [1.82, 2.24) is 5.32 Å². The number of fused-ring (bicyclic) bond motifs is 5. The molecule has 1 aromatic carbocycles. The highest BCUT2D eigenvalue weighted by Crippen LogP contribution is 2.51. The summed E-state index contributed by atoms with van der Waals surface area (Å²) in [6, 6.07) is 11.4. The number of hydrogen-bond acceptors (Lipinski definition) is 5. The molecule has 6 heteroatoms. The number of thiophene rings is 1. The van der Waals surface area contributed by atoms with Gasteiger partial charge in [0, 0.05) is 11.8 Å². The van der Waals surface area contributed by atoms with Crippen molar-refractivity contribution in [1.29, 1.82) is 0 Å². The quantitative estimate of drug-likeness (QED) is 0.867. The molecule has 0 saturated carbocycles. The predicted molar refractivity (Wildman–Crippen MR) is 88.5 cm³/mol. The van der Waals surface area contributed by atoms with Crippen LogP contribution in [-0.4, -0.2) is 24.0 Å². The van der Waals surface area contributed by atoms with Crippen molar-refractivity contribution in [2.45, 2.75) is 37.7 Å². The van der Waals surface area contributed by atoms with Crippen LogP contribution in [0.25, 0.3) is 0 Å². The van der Waals surface area contributed by atoms with Crippen molar-refractivity contribution < 1.29 is 19.1 Å². The van der Waals surface area contributed by atoms with E-state index in [-0.39, 0.29) is 30.1 Å². The van der Waals surface area contributed by atoms with Gasteiger partial charge in [-0.3, -0.25) is 9.59 Å². The average molecular weight is 343 g/mol. The third-order valence-electron chi connectivity index (χ3n) is 4.43. The van der Waals surface area contributed by atoms with Crippen molar-refractivity contribution in [2.75, 3.05) is 0 Å². The molecule has 124 valence electrons. The highest BCUT2D eigenvalue weighted by atomic mass is 32.1. The molecule has 1 amide bonds. The molecule has 0 unspecified atom stereocenters. The Hall–Kier alpha value is -2.18. The number of amides is 1. The van der Waals surface area contributed by atoms with Gasteiger partial charge >= 0.3 is 5.97 Å². The van der Waals surface area contributed by atoms with Gasteiger partial charge in [0.1, 0.15) is 12.2 Å². The minimum absolute atomic E-state index is 0.0896. The maximum Gasteiger partial charge on any atom is 0.303 e. The van der Waals surface area contributed by atoms with E-state index in [1.807, 2.05) is 41.8 Å². The first-order valence-electron chi connectivity index (χ1n) is 7.87. The summed E-state index contributed by atoms with van der Waals surface area (Å²) in [4.78, 5) is 24.9. The molecule has 1 N–H and O–H groups in total. The molecule has 1 saturated heterocycles. The summed E-state index contributed by atoms with van der Waals surface area (Å²) < 4.78 is 11.5. The Labute approximate surface area is 143 Å². The number of benzene rings is 1. The lowest BCUT2D eigenvalue weighted by Crippen LogP contribution is -2.48. The first-order valence-corrected chi connectivity index (χ1v) is 8.74. The van der Waals surface area contributed by atoms with E-state index < -0.39 is 6.10 Å². The van der Waals surface area contributed by atoms with Gasteiger partial charge in [0.25, 0.3) is 0 Å². The fourth-order valence-electron chi connectivity index (χ4n) is 3.52. The summed E-state index contributed by atoms with van der Waals surface area (Å²) in [7, 11) is 0. The Balaban J connectivity index is 1.56. The van der Waals surface area contributed by atoms with Crippen LogP contribution in [0, 0.1) is 0 Å². The van der Waals surface area contributed by atoms with Crippen molar-refractivity contribution >= 4 is 23.2 Å². The van der Waals surface area contributed by atoms with Crippen LogP contribution in [0.1, 0.15) is 35.1 Å². The number of carbonyl (C=O) groups is 2. The molecule has 2 aliphatic rings. The molecule has 1 aromatic heterocycles. The standard InChI is InChI=1S/C18H17NO4S/c1-10(20)22-18-15(19-14(21)9-11-5-4-8-24-11)16-12-6-2-3-7-13(12)17(18)23-16/h2-8,15-18H,9H2,1H3,(H,19,21)/t15-,16+,17-,18+/m1/s1. The van der Waals surface area contributed by atoms with Gasteiger partial charge in [0.2, 0.25) is 5.91 Å². The molecular weight excluding hydrogens is 326 g/mol. The fraction of sp³-hybridized carbons (Fsp3) is 0.333. The number of rotatable bonds is 4. The van der Waals surface area contributed by atoms with Crippen molar-refractivity contribution in [3.63, 3.8) is 0 Å². The fourth-order valence-corrected chi connectivity index (χ4v) is 4.22. The third kappa shape index (κ3) is 2.61. The van der Waals surface area contributed by atoms with Crippen LogP contribution in [0.2, 0.25) is 0 Å². The Morgan fingerprint density at radius 1 is 1.17 bits per heavy atom. The molecule has 0 radical (unpaired) electrons. The topological polar surface area (TPSA) is 64.6 Å². The summed E-state index contributed by atoms with van der Waals surface area (Å²) in [5.41, 5.74) is 2.10. The molecule has 2 bridgehead atoms. The van der Waals surface area contributed by atoms with Crippen LogP contribution in [-0.2, 0) is 25.5 Å². The number of esters is 1. The zero-order valence-corrected chi connectivity index (χ0v) is 13.9. The van der Waals surface area contributed by atoms with E-state index in [0.717, 1.165) is 16.0 Å². The van der Waals surface area contributed by atoms with Gasteiger partial charge in [-0.05, 0) is 22.6 Å². The molecule has 3 heterocycles. The molecule has 0 spiro atoms. The Kier molecular flexibility index (Phi) is 3.86. The van der Waals surface area contributed by atoms with E-state index in [1.54, 1.807) is 11.3 Å². The summed E-state index contributed by atoms with van der Waals surface area (Å²) in [6.07, 6.45) is -0.764. The van der Waals surface area contributed by atoms with E-state index >= 15 is 0 Å². The SMILES string of the molecule is CC(=O)O[C@H]1[C@H](NC(=O)Cc2cccs2)[C@H]2O[C@@H]1c1ccccc12. The zero-order valence-electron chi connectivity index (χ0n) is 13.1. The average Bonchev–Trinajstić information content (AvgIpc) is 3.24. The van der Waals surface area contributed by atoms with Gasteiger partial charge in [-0.25, -0.2) is 0 Å². The van der Waals surface area contributed by atoms with Crippen molar-refractivity contribution in [2.24, 2.45) is 0 Å². The van der Waals surface area contributed by atoms with Crippen LogP contribution >= 0.6 is 11.3 Å². The maximum atomic E-state index is 12.4. The maximum absolute atomic E-state index is 12.4. The second-order valence-electron chi connectivity index (χ2n) is 6.03. The molecule has 24 heavy (non-hydrogen) atoms. The van der Waals surface area contributed by atoms with Gasteiger partial charge in [0.15, 0.2) is 6.10 Å². The highest BCUT2D eigenvalue weighted by molar-refractivity contribution is 7.10. The van der Waals surface area contributed by atoms with Gasteiger partial charge in [0.05, 0.1) is 12.5 Å². The van der Waals surface area contributed by atoms with E-state index in [9.17, 15) is 9.59 Å². The number of ether oxygens (including phenoxy) is 2. The molecule has 5 nitrogen and oxygen atoms in total. The summed E-state index contributed by atoms with van der Waals surface area (Å²) in [5, 5.41) is 4.96. The van der Waals surface area contributed by atoms with Crippen LogP contribution in [0.15, 0.2) is 41.8 Å². The van der Waals surface area contributed by atoms with Crippen LogP contribution in [0.4, 0.5) is 0 Å². The lowest BCUT2D eigenvalue weighted by atomic mass is 9.86. The first-order chi connectivity index (χ1) is 11.6. The largest absolute Gasteiger partial charge is 0.457 e. The summed E-state index contributed by atoms with van der Waals surface area (Å²) >= 11 is 1.55. The minimum atomic E-state index is -0.491. The molecule has 1 fully saturated rings. The summed E-state index contributed by atoms with van der Waals surface area (Å²) in [6.45, 7) is 1.38. The third-order valence-corrected chi connectivity index (χ3v) is 5.30. The lowest BCUT2D eigenvalue weighted by molar-refractivity contribution is -0.150. The van der Waals surface area contributed by atoms with Crippen LogP contribution in [0.3, 0.4) is 0 Å². The normalized spacial score (nSPS) is 26.9. The molecular formula is C18H17NO4S. The predicted octanol–water partition coefficient (Wildman–Crippen LogP) is 2.53. The van der Waals surface area contributed by atoms with E-state index in [2.05, 4.69) is 5.32 Å². The Morgan fingerprint density at radius 2 is 1.92 bits per heavy atom. The second kappa shape index (κ2) is 6.03. The van der Waals surface area contributed by atoms with Crippen molar-refractivity contribution in [3.8, 4) is 0 Å². The molecule has 4 atom stereocenters. The Morgan fingerprint density at radius 3 is 2.58 bits per heavy atom. The van der Waals surface area contributed by atoms with Gasteiger partial charge in [-0.1, -0.05) is 30.3 Å². The Bertz CT molecular complexity index is 773.